The third-order valence-corrected chi connectivity index (χ3v) is 7.11. The molecule has 0 saturated heterocycles. The molecule has 1 aliphatic rings. The van der Waals surface area contributed by atoms with Crippen LogP contribution in [0.4, 0.5) is 0 Å². The van der Waals surface area contributed by atoms with Gasteiger partial charge in [-0.15, -0.1) is 0 Å². The van der Waals surface area contributed by atoms with Gasteiger partial charge in [-0.25, -0.2) is 18.1 Å². The van der Waals surface area contributed by atoms with Crippen LogP contribution in [0.15, 0.2) is 4.21 Å². The van der Waals surface area contributed by atoms with Crippen molar-refractivity contribution in [3.05, 3.63) is 10.2 Å². The molecule has 1 aliphatic carbocycles. The number of sulfonamides is 1. The second kappa shape index (κ2) is 6.08. The molecular weight excluding hydrogens is 304 g/mol. The summed E-state index contributed by atoms with van der Waals surface area (Å²) in [7, 11) is -3.47. The Kier molecular flexibility index (Phi) is 4.87. The third-order valence-electron chi connectivity index (χ3n) is 3.72. The van der Waals surface area contributed by atoms with E-state index in [1.807, 2.05) is 0 Å². The van der Waals surface area contributed by atoms with Gasteiger partial charge in [0, 0.05) is 6.04 Å². The van der Waals surface area contributed by atoms with Gasteiger partial charge >= 0.3 is 0 Å². The van der Waals surface area contributed by atoms with Crippen LogP contribution < -0.4 is 4.72 Å². The van der Waals surface area contributed by atoms with Crippen molar-refractivity contribution in [2.45, 2.75) is 56.2 Å². The lowest BCUT2D eigenvalue weighted by Crippen LogP contribution is -2.37. The Bertz CT molecular complexity index is 534. The van der Waals surface area contributed by atoms with E-state index in [1.54, 1.807) is 6.92 Å². The maximum absolute atomic E-state index is 12.3. The molecule has 1 heterocycles. The molecule has 1 N–H and O–H groups in total. The molecule has 1 aromatic rings. The summed E-state index contributed by atoms with van der Waals surface area (Å²) >= 11 is 6.79. The predicted octanol–water partition coefficient (Wildman–Crippen LogP) is 3.35. The summed E-state index contributed by atoms with van der Waals surface area (Å²) in [6.45, 7) is 3.86. The van der Waals surface area contributed by atoms with Crippen molar-refractivity contribution in [1.29, 1.82) is 0 Å². The minimum absolute atomic E-state index is 0.0491. The van der Waals surface area contributed by atoms with E-state index < -0.39 is 10.0 Å². The monoisotopic (exact) mass is 322 g/mol. The van der Waals surface area contributed by atoms with Gasteiger partial charge in [0.15, 0.2) is 8.68 Å². The number of rotatable bonds is 4. The molecule has 1 fully saturated rings. The molecule has 0 unspecified atom stereocenters. The van der Waals surface area contributed by atoms with Crippen molar-refractivity contribution in [3.8, 4) is 0 Å². The summed E-state index contributed by atoms with van der Waals surface area (Å²) in [6.07, 6.45) is 5.23. The van der Waals surface area contributed by atoms with Crippen LogP contribution in [0.1, 0.15) is 44.7 Å². The summed E-state index contributed by atoms with van der Waals surface area (Å²) in [5.41, 5.74) is 0.477. The molecule has 0 atom stereocenters. The van der Waals surface area contributed by atoms with Crippen LogP contribution in [0, 0.1) is 12.8 Å². The van der Waals surface area contributed by atoms with Gasteiger partial charge in [0.05, 0.1) is 5.69 Å². The van der Waals surface area contributed by atoms with Crippen molar-refractivity contribution in [2.24, 2.45) is 5.92 Å². The maximum Gasteiger partial charge on any atom is 0.252 e. The SMILES string of the molecule is CCC1CCC(NS(=O)(=O)c2sc(Cl)nc2C)CC1. The molecule has 1 saturated carbocycles. The van der Waals surface area contributed by atoms with Gasteiger partial charge in [0.2, 0.25) is 0 Å². The first kappa shape index (κ1) is 15.2. The Labute approximate surface area is 123 Å². The highest BCUT2D eigenvalue weighted by atomic mass is 35.5. The standard InChI is InChI=1S/C12H19ClN2O2S2/c1-3-9-4-6-10(7-5-9)15-19(16,17)11-8(2)14-12(13)18-11/h9-10,15H,3-7H2,1-2H3. The molecule has 2 rings (SSSR count). The molecule has 4 nitrogen and oxygen atoms in total. The van der Waals surface area contributed by atoms with Crippen LogP contribution in [0.3, 0.4) is 0 Å². The molecular formula is C12H19ClN2O2S2. The minimum atomic E-state index is -3.47. The molecule has 0 aromatic carbocycles. The molecule has 0 aliphatic heterocycles. The fraction of sp³-hybridized carbons (Fsp3) is 0.750. The Hall–Kier alpha value is -0.170. The van der Waals surface area contributed by atoms with E-state index in [0.717, 1.165) is 42.9 Å². The summed E-state index contributed by atoms with van der Waals surface area (Å²) in [5.74, 6) is 0.750. The van der Waals surface area contributed by atoms with Crippen LogP contribution in [-0.4, -0.2) is 19.4 Å². The average molecular weight is 323 g/mol. The van der Waals surface area contributed by atoms with Gasteiger partial charge in [0.25, 0.3) is 10.0 Å². The van der Waals surface area contributed by atoms with Crippen LogP contribution in [-0.2, 0) is 10.0 Å². The molecule has 108 valence electrons. The van der Waals surface area contributed by atoms with Crippen LogP contribution in [0.2, 0.25) is 4.47 Å². The summed E-state index contributed by atoms with van der Waals surface area (Å²) < 4.78 is 27.9. The first-order valence-corrected chi connectivity index (χ1v) is 9.25. The second-order valence-corrected chi connectivity index (χ2v) is 8.58. The topological polar surface area (TPSA) is 59.1 Å². The van der Waals surface area contributed by atoms with E-state index in [-0.39, 0.29) is 14.7 Å². The number of aryl methyl sites for hydroxylation is 1. The van der Waals surface area contributed by atoms with E-state index in [1.165, 1.54) is 6.42 Å². The van der Waals surface area contributed by atoms with Crippen molar-refractivity contribution < 1.29 is 8.42 Å². The number of nitrogens with one attached hydrogen (secondary N) is 1. The number of hydrogen-bond acceptors (Lipinski definition) is 4. The number of thiazole rings is 1. The molecule has 0 amide bonds. The Morgan fingerprint density at radius 2 is 2.00 bits per heavy atom. The highest BCUT2D eigenvalue weighted by molar-refractivity contribution is 7.91. The molecule has 7 heteroatoms. The normalized spacial score (nSPS) is 24.6. The number of halogens is 1. The quantitative estimate of drug-likeness (QED) is 0.924. The number of aromatic nitrogens is 1. The Morgan fingerprint density at radius 3 is 2.47 bits per heavy atom. The van der Waals surface area contributed by atoms with Crippen LogP contribution in [0.5, 0.6) is 0 Å². The zero-order chi connectivity index (χ0) is 14.0. The van der Waals surface area contributed by atoms with Gasteiger partial charge in [-0.2, -0.15) is 0 Å². The van der Waals surface area contributed by atoms with E-state index >= 15 is 0 Å². The van der Waals surface area contributed by atoms with Crippen molar-refractivity contribution in [2.75, 3.05) is 0 Å². The van der Waals surface area contributed by atoms with Crippen molar-refractivity contribution in [3.63, 3.8) is 0 Å². The second-order valence-electron chi connectivity index (χ2n) is 5.09. The van der Waals surface area contributed by atoms with E-state index in [2.05, 4.69) is 16.6 Å². The zero-order valence-electron chi connectivity index (χ0n) is 11.1. The fourth-order valence-electron chi connectivity index (χ4n) is 2.56. The van der Waals surface area contributed by atoms with E-state index in [4.69, 9.17) is 11.6 Å². The fourth-order valence-corrected chi connectivity index (χ4v) is 5.62. The number of hydrogen-bond donors (Lipinski definition) is 1. The summed E-state index contributed by atoms with van der Waals surface area (Å²) in [4.78, 5) is 3.96. The lowest BCUT2D eigenvalue weighted by atomic mass is 9.85. The molecule has 0 radical (unpaired) electrons. The number of nitrogens with zero attached hydrogens (tertiary/aromatic N) is 1. The third kappa shape index (κ3) is 3.68. The Balaban J connectivity index is 2.04. The first-order chi connectivity index (χ1) is 8.92. The zero-order valence-corrected chi connectivity index (χ0v) is 13.5. The molecule has 1 aromatic heterocycles. The van der Waals surface area contributed by atoms with Gasteiger partial charge in [-0.3, -0.25) is 0 Å². The average Bonchev–Trinajstić information content (AvgIpc) is 2.70. The summed E-state index contributed by atoms with van der Waals surface area (Å²) in [5, 5.41) is 0. The summed E-state index contributed by atoms with van der Waals surface area (Å²) in [6, 6.07) is 0.0491. The minimum Gasteiger partial charge on any atom is -0.229 e. The van der Waals surface area contributed by atoms with Gasteiger partial charge in [-0.1, -0.05) is 36.3 Å². The highest BCUT2D eigenvalue weighted by Gasteiger charge is 2.27. The molecule has 19 heavy (non-hydrogen) atoms. The largest absolute Gasteiger partial charge is 0.252 e. The van der Waals surface area contributed by atoms with Crippen molar-refractivity contribution >= 4 is 33.0 Å². The smallest absolute Gasteiger partial charge is 0.229 e. The van der Waals surface area contributed by atoms with Gasteiger partial charge < -0.3 is 0 Å². The maximum atomic E-state index is 12.3. The first-order valence-electron chi connectivity index (χ1n) is 6.57. The molecule has 0 spiro atoms. The van der Waals surface area contributed by atoms with E-state index in [0.29, 0.717) is 5.69 Å². The van der Waals surface area contributed by atoms with Crippen molar-refractivity contribution in [1.82, 2.24) is 9.71 Å². The lowest BCUT2D eigenvalue weighted by Gasteiger charge is -2.28. The highest BCUT2D eigenvalue weighted by Crippen LogP contribution is 2.30. The van der Waals surface area contributed by atoms with Gasteiger partial charge in [-0.05, 0) is 38.5 Å². The van der Waals surface area contributed by atoms with Crippen LogP contribution in [0.25, 0.3) is 0 Å². The van der Waals surface area contributed by atoms with Crippen LogP contribution >= 0.6 is 22.9 Å². The predicted molar refractivity (Wildman–Crippen MR) is 78.2 cm³/mol. The van der Waals surface area contributed by atoms with E-state index in [9.17, 15) is 8.42 Å². The van der Waals surface area contributed by atoms with Gasteiger partial charge in [0.1, 0.15) is 0 Å². The lowest BCUT2D eigenvalue weighted by molar-refractivity contribution is 0.306. The Morgan fingerprint density at radius 1 is 1.37 bits per heavy atom. The molecule has 0 bridgehead atoms.